The van der Waals surface area contributed by atoms with Crippen molar-refractivity contribution in [2.75, 3.05) is 6.54 Å². The second-order valence-corrected chi connectivity index (χ2v) is 7.79. The summed E-state index contributed by atoms with van der Waals surface area (Å²) in [5.74, 6) is 0.703. The lowest BCUT2D eigenvalue weighted by Gasteiger charge is -2.25. The summed E-state index contributed by atoms with van der Waals surface area (Å²) in [4.78, 5) is 24.3. The van der Waals surface area contributed by atoms with E-state index < -0.39 is 0 Å². The summed E-state index contributed by atoms with van der Waals surface area (Å²) in [7, 11) is 0. The van der Waals surface area contributed by atoms with E-state index in [0.29, 0.717) is 12.1 Å². The maximum Gasteiger partial charge on any atom is 0.253 e. The number of H-pyrrole nitrogens is 1. The van der Waals surface area contributed by atoms with Gasteiger partial charge in [0.1, 0.15) is 11.3 Å². The maximum absolute atomic E-state index is 12.5. The minimum atomic E-state index is -0.154. The van der Waals surface area contributed by atoms with Gasteiger partial charge in [0.2, 0.25) is 0 Å². The molecule has 4 aromatic heterocycles. The van der Waals surface area contributed by atoms with Crippen LogP contribution in [0.1, 0.15) is 40.9 Å². The van der Waals surface area contributed by atoms with E-state index in [1.165, 1.54) is 24.8 Å². The molecule has 1 amide bonds. The Morgan fingerprint density at radius 3 is 3.00 bits per heavy atom. The van der Waals surface area contributed by atoms with Gasteiger partial charge >= 0.3 is 0 Å². The third kappa shape index (κ3) is 3.86. The molecule has 0 atom stereocenters. The molecule has 4 heterocycles. The average molecular weight is 388 g/mol. The molecule has 0 unspecified atom stereocenters. The van der Waals surface area contributed by atoms with Gasteiger partial charge in [0, 0.05) is 36.7 Å². The van der Waals surface area contributed by atoms with Gasteiger partial charge in [-0.3, -0.25) is 4.79 Å². The van der Waals surface area contributed by atoms with Gasteiger partial charge in [0.05, 0.1) is 17.8 Å². The molecular weight excluding hydrogens is 364 g/mol. The second-order valence-electron chi connectivity index (χ2n) is 7.79. The lowest BCUT2D eigenvalue weighted by molar-refractivity contribution is 0.0950. The van der Waals surface area contributed by atoms with Crippen molar-refractivity contribution in [2.24, 2.45) is 5.92 Å². The monoisotopic (exact) mass is 388 g/mol. The van der Waals surface area contributed by atoms with Crippen molar-refractivity contribution >= 4 is 22.6 Å². The number of amides is 1. The molecule has 148 valence electrons. The summed E-state index contributed by atoms with van der Waals surface area (Å²) in [6.45, 7) is 2.34. The van der Waals surface area contributed by atoms with E-state index in [1.807, 2.05) is 35.0 Å². The summed E-state index contributed by atoms with van der Waals surface area (Å²) in [5.41, 5.74) is 4.26. The summed E-state index contributed by atoms with van der Waals surface area (Å²) >= 11 is 0. The molecule has 4 aromatic rings. The van der Waals surface area contributed by atoms with E-state index in [1.54, 1.807) is 6.20 Å². The summed E-state index contributed by atoms with van der Waals surface area (Å²) in [5, 5.41) is 7.40. The topological polar surface area (TPSA) is 87.1 Å². The SMILES string of the molecule is O=C(NCc1cn2cc(CNCC3CCC3)ccc2n1)c1cnc2[nH]ccc2c1. The van der Waals surface area contributed by atoms with Crippen LogP contribution < -0.4 is 10.6 Å². The molecule has 7 heteroatoms. The fourth-order valence-corrected chi connectivity index (χ4v) is 3.73. The molecule has 0 bridgehead atoms. The zero-order valence-electron chi connectivity index (χ0n) is 16.2. The van der Waals surface area contributed by atoms with Crippen molar-refractivity contribution in [1.29, 1.82) is 0 Å². The first-order chi connectivity index (χ1) is 14.2. The van der Waals surface area contributed by atoms with E-state index in [0.717, 1.165) is 41.4 Å². The van der Waals surface area contributed by atoms with E-state index >= 15 is 0 Å². The highest BCUT2D eigenvalue weighted by Crippen LogP contribution is 2.25. The van der Waals surface area contributed by atoms with Crippen molar-refractivity contribution in [2.45, 2.75) is 32.4 Å². The van der Waals surface area contributed by atoms with Crippen molar-refractivity contribution in [3.63, 3.8) is 0 Å². The molecule has 0 saturated heterocycles. The van der Waals surface area contributed by atoms with Crippen LogP contribution >= 0.6 is 0 Å². The predicted octanol–water partition coefficient (Wildman–Crippen LogP) is 3.03. The van der Waals surface area contributed by atoms with Crippen LogP contribution in [0.4, 0.5) is 0 Å². The van der Waals surface area contributed by atoms with Gasteiger partial charge in [0.15, 0.2) is 0 Å². The molecule has 0 spiro atoms. The predicted molar refractivity (Wildman–Crippen MR) is 112 cm³/mol. The third-order valence-corrected chi connectivity index (χ3v) is 5.64. The highest BCUT2D eigenvalue weighted by atomic mass is 16.1. The van der Waals surface area contributed by atoms with Gasteiger partial charge in [-0.1, -0.05) is 12.5 Å². The van der Waals surface area contributed by atoms with Gasteiger partial charge in [-0.05, 0) is 49.1 Å². The second kappa shape index (κ2) is 7.67. The number of hydrogen-bond acceptors (Lipinski definition) is 4. The van der Waals surface area contributed by atoms with Crippen molar-refractivity contribution < 1.29 is 4.79 Å². The quantitative estimate of drug-likeness (QED) is 0.454. The molecule has 1 aliphatic carbocycles. The van der Waals surface area contributed by atoms with E-state index in [9.17, 15) is 4.79 Å². The smallest absolute Gasteiger partial charge is 0.253 e. The number of rotatable bonds is 7. The molecule has 0 aliphatic heterocycles. The van der Waals surface area contributed by atoms with Gasteiger partial charge in [0.25, 0.3) is 5.91 Å². The van der Waals surface area contributed by atoms with Crippen LogP contribution in [0.5, 0.6) is 0 Å². The fraction of sp³-hybridized carbons (Fsp3) is 0.318. The highest BCUT2D eigenvalue weighted by Gasteiger charge is 2.16. The molecule has 1 aliphatic rings. The Balaban J connectivity index is 1.21. The summed E-state index contributed by atoms with van der Waals surface area (Å²) < 4.78 is 2.02. The van der Waals surface area contributed by atoms with Crippen LogP contribution in [-0.4, -0.2) is 31.8 Å². The Hall–Kier alpha value is -3.19. The molecule has 7 nitrogen and oxygen atoms in total. The summed E-state index contributed by atoms with van der Waals surface area (Å²) in [6, 6.07) is 7.87. The Kier molecular flexibility index (Phi) is 4.73. The number of carbonyl (C=O) groups is 1. The first-order valence-electron chi connectivity index (χ1n) is 10.1. The van der Waals surface area contributed by atoms with Gasteiger partial charge < -0.3 is 20.0 Å². The minimum Gasteiger partial charge on any atom is -0.346 e. The Labute approximate surface area is 168 Å². The molecule has 1 fully saturated rings. The first-order valence-corrected chi connectivity index (χ1v) is 10.1. The van der Waals surface area contributed by atoms with Crippen LogP contribution in [0, 0.1) is 5.92 Å². The number of nitrogens with zero attached hydrogens (tertiary/aromatic N) is 3. The highest BCUT2D eigenvalue weighted by molar-refractivity contribution is 5.96. The van der Waals surface area contributed by atoms with Crippen LogP contribution in [0.2, 0.25) is 0 Å². The normalized spacial score (nSPS) is 14.3. The van der Waals surface area contributed by atoms with Gasteiger partial charge in [-0.2, -0.15) is 0 Å². The van der Waals surface area contributed by atoms with Crippen LogP contribution in [0.15, 0.2) is 49.1 Å². The lowest BCUT2D eigenvalue weighted by atomic mass is 9.85. The molecule has 29 heavy (non-hydrogen) atoms. The Morgan fingerprint density at radius 2 is 2.14 bits per heavy atom. The Morgan fingerprint density at radius 1 is 1.21 bits per heavy atom. The van der Waals surface area contributed by atoms with E-state index in [2.05, 4.69) is 37.8 Å². The van der Waals surface area contributed by atoms with Crippen LogP contribution in [0.3, 0.4) is 0 Å². The standard InChI is InChI=1S/C22H24N6O/c29-22(18-8-17-6-7-24-21(17)25-11-18)26-12-19-14-28-13-16(4-5-20(28)27-19)10-23-9-15-2-1-3-15/h4-8,11,13-15,23H,1-3,9-10,12H2,(H,24,25)(H,26,29). The molecule has 0 radical (unpaired) electrons. The zero-order chi connectivity index (χ0) is 19.6. The Bertz CT molecular complexity index is 1160. The number of nitrogens with one attached hydrogen (secondary N) is 3. The van der Waals surface area contributed by atoms with Gasteiger partial charge in [-0.15, -0.1) is 0 Å². The number of fused-ring (bicyclic) bond motifs is 2. The lowest BCUT2D eigenvalue weighted by Crippen LogP contribution is -2.26. The number of imidazole rings is 1. The largest absolute Gasteiger partial charge is 0.346 e. The van der Waals surface area contributed by atoms with E-state index in [-0.39, 0.29) is 5.91 Å². The minimum absolute atomic E-state index is 0.154. The molecule has 0 aromatic carbocycles. The van der Waals surface area contributed by atoms with Crippen molar-refractivity contribution in [3.8, 4) is 0 Å². The van der Waals surface area contributed by atoms with Crippen molar-refractivity contribution in [3.05, 3.63) is 65.9 Å². The molecule has 1 saturated carbocycles. The zero-order valence-corrected chi connectivity index (χ0v) is 16.2. The maximum atomic E-state index is 12.5. The molecular formula is C22H24N6O. The fourth-order valence-electron chi connectivity index (χ4n) is 3.73. The van der Waals surface area contributed by atoms with Gasteiger partial charge in [-0.25, -0.2) is 9.97 Å². The van der Waals surface area contributed by atoms with Crippen molar-refractivity contribution in [1.82, 2.24) is 30.0 Å². The molecule has 3 N–H and O–H groups in total. The van der Waals surface area contributed by atoms with Crippen LogP contribution in [0.25, 0.3) is 16.7 Å². The number of pyridine rings is 2. The number of hydrogen-bond donors (Lipinski definition) is 3. The number of aromatic amines is 1. The molecule has 5 rings (SSSR count). The average Bonchev–Trinajstić information content (AvgIpc) is 3.33. The first kappa shape index (κ1) is 17.9. The summed E-state index contributed by atoms with van der Waals surface area (Å²) in [6.07, 6.45) is 11.6. The van der Waals surface area contributed by atoms with Crippen LogP contribution in [-0.2, 0) is 13.1 Å². The number of carbonyl (C=O) groups excluding carboxylic acids is 1. The third-order valence-electron chi connectivity index (χ3n) is 5.64. The number of aromatic nitrogens is 4. The van der Waals surface area contributed by atoms with E-state index in [4.69, 9.17) is 0 Å².